The monoisotopic (exact) mass is 354 g/mol. The van der Waals surface area contributed by atoms with Crippen molar-refractivity contribution in [2.45, 2.75) is 130 Å². The molecule has 0 saturated heterocycles. The van der Waals surface area contributed by atoms with Gasteiger partial charge in [0.25, 0.3) is 0 Å². The Morgan fingerprint density at radius 3 is 1.56 bits per heavy atom. The first-order valence-electron chi connectivity index (χ1n) is 11.4. The van der Waals surface area contributed by atoms with Gasteiger partial charge in [-0.3, -0.25) is 4.79 Å². The molecule has 2 unspecified atom stereocenters. The Labute approximate surface area is 158 Å². The summed E-state index contributed by atoms with van der Waals surface area (Å²) in [5.74, 6) is -0.0359. The summed E-state index contributed by atoms with van der Waals surface area (Å²) >= 11 is 0. The predicted molar refractivity (Wildman–Crippen MR) is 110 cm³/mol. The van der Waals surface area contributed by atoms with Gasteiger partial charge in [-0.05, 0) is 18.8 Å². The molecule has 0 heterocycles. The van der Waals surface area contributed by atoms with Crippen molar-refractivity contribution in [1.82, 2.24) is 0 Å². The fraction of sp³-hybridized carbons (Fsp3) is 0.957. The second kappa shape index (κ2) is 18.3. The minimum atomic E-state index is -0.558. The zero-order valence-corrected chi connectivity index (χ0v) is 17.5. The fourth-order valence-corrected chi connectivity index (χ4v) is 3.84. The summed E-state index contributed by atoms with van der Waals surface area (Å²) in [6.45, 7) is 6.70. The van der Waals surface area contributed by atoms with E-state index in [4.69, 9.17) is 0 Å². The maximum absolute atomic E-state index is 11.7. The number of unbranched alkanes of at least 4 members (excludes halogenated alkanes) is 10. The molecule has 2 nitrogen and oxygen atoms in total. The molecule has 0 rings (SSSR count). The van der Waals surface area contributed by atoms with Crippen LogP contribution < -0.4 is 0 Å². The third kappa shape index (κ3) is 15.4. The molecule has 0 aliphatic carbocycles. The largest absolute Gasteiger partial charge is 0.481 e. The maximum Gasteiger partial charge on any atom is 0.306 e. The van der Waals surface area contributed by atoms with Crippen LogP contribution in [-0.4, -0.2) is 11.1 Å². The summed E-state index contributed by atoms with van der Waals surface area (Å²) in [7, 11) is 0. The third-order valence-corrected chi connectivity index (χ3v) is 5.56. The van der Waals surface area contributed by atoms with Crippen molar-refractivity contribution in [1.29, 1.82) is 0 Å². The first-order valence-corrected chi connectivity index (χ1v) is 11.4. The van der Waals surface area contributed by atoms with Gasteiger partial charge in [-0.2, -0.15) is 0 Å². The molecule has 0 amide bonds. The topological polar surface area (TPSA) is 37.3 Å². The predicted octanol–water partition coefficient (Wildman–Crippen LogP) is 7.99. The fourth-order valence-electron chi connectivity index (χ4n) is 3.84. The third-order valence-electron chi connectivity index (χ3n) is 5.56. The number of aliphatic carboxylic acids is 1. The second-order valence-electron chi connectivity index (χ2n) is 8.04. The number of hydrogen-bond acceptors (Lipinski definition) is 1. The molecule has 2 atom stereocenters. The van der Waals surface area contributed by atoms with Crippen molar-refractivity contribution in [2.24, 2.45) is 11.8 Å². The molecule has 0 aromatic carbocycles. The van der Waals surface area contributed by atoms with Crippen LogP contribution in [-0.2, 0) is 4.79 Å². The van der Waals surface area contributed by atoms with Gasteiger partial charge in [-0.25, -0.2) is 0 Å². The molecule has 0 aliphatic heterocycles. The normalized spacial score (nSPS) is 13.7. The van der Waals surface area contributed by atoms with E-state index >= 15 is 0 Å². The van der Waals surface area contributed by atoms with Gasteiger partial charge in [-0.1, -0.05) is 117 Å². The summed E-state index contributed by atoms with van der Waals surface area (Å²) in [6.07, 6.45) is 20.9. The van der Waals surface area contributed by atoms with Gasteiger partial charge >= 0.3 is 5.97 Å². The lowest BCUT2D eigenvalue weighted by atomic mass is 9.84. The van der Waals surface area contributed by atoms with Crippen LogP contribution in [0.4, 0.5) is 0 Å². The Balaban J connectivity index is 4.28. The summed E-state index contributed by atoms with van der Waals surface area (Å²) in [4.78, 5) is 11.7. The van der Waals surface area contributed by atoms with E-state index in [2.05, 4.69) is 20.8 Å². The van der Waals surface area contributed by atoms with Crippen molar-refractivity contribution in [3.63, 3.8) is 0 Å². The van der Waals surface area contributed by atoms with E-state index in [0.29, 0.717) is 5.92 Å². The van der Waals surface area contributed by atoms with Crippen LogP contribution >= 0.6 is 0 Å². The highest BCUT2D eigenvalue weighted by Gasteiger charge is 2.21. The molecule has 25 heavy (non-hydrogen) atoms. The van der Waals surface area contributed by atoms with Crippen LogP contribution in [0.5, 0.6) is 0 Å². The van der Waals surface area contributed by atoms with Crippen molar-refractivity contribution in [3.8, 4) is 0 Å². The van der Waals surface area contributed by atoms with Crippen LogP contribution in [0.15, 0.2) is 0 Å². The van der Waals surface area contributed by atoms with E-state index < -0.39 is 5.97 Å². The lowest BCUT2D eigenvalue weighted by molar-refractivity contribution is -0.142. The number of carbonyl (C=O) groups is 1. The van der Waals surface area contributed by atoms with Crippen molar-refractivity contribution in [2.75, 3.05) is 0 Å². The number of carboxylic acids is 1. The molecule has 0 radical (unpaired) electrons. The molecule has 0 bridgehead atoms. The highest BCUT2D eigenvalue weighted by Crippen LogP contribution is 2.28. The lowest BCUT2D eigenvalue weighted by Crippen LogP contribution is -2.18. The molecule has 0 aromatic rings. The highest BCUT2D eigenvalue weighted by atomic mass is 16.4. The first kappa shape index (κ1) is 24.5. The quantitative estimate of drug-likeness (QED) is 0.239. The molecule has 2 heteroatoms. The van der Waals surface area contributed by atoms with Crippen LogP contribution in [0.1, 0.15) is 130 Å². The number of rotatable bonds is 19. The number of carboxylic acid groups (broad SMARTS) is 1. The Morgan fingerprint density at radius 1 is 0.640 bits per heavy atom. The maximum atomic E-state index is 11.7. The summed E-state index contributed by atoms with van der Waals surface area (Å²) in [5.41, 5.74) is 0. The van der Waals surface area contributed by atoms with E-state index in [1.165, 1.54) is 89.9 Å². The van der Waals surface area contributed by atoms with E-state index in [-0.39, 0.29) is 5.92 Å². The van der Waals surface area contributed by atoms with E-state index in [9.17, 15) is 9.90 Å². The Bertz CT molecular complexity index is 288. The van der Waals surface area contributed by atoms with Gasteiger partial charge < -0.3 is 5.11 Å². The molecule has 1 N–H and O–H groups in total. The SMILES string of the molecule is CCCCCCCCC(CCCCCC)CC(CCCCC)C(=O)O. The Kier molecular flexibility index (Phi) is 17.9. The zero-order valence-electron chi connectivity index (χ0n) is 17.5. The van der Waals surface area contributed by atoms with Crippen LogP contribution in [0.2, 0.25) is 0 Å². The summed E-state index contributed by atoms with van der Waals surface area (Å²) in [6, 6.07) is 0. The molecule has 0 aromatic heterocycles. The smallest absolute Gasteiger partial charge is 0.306 e. The van der Waals surface area contributed by atoms with Crippen molar-refractivity contribution >= 4 is 5.97 Å². The van der Waals surface area contributed by atoms with Crippen molar-refractivity contribution < 1.29 is 9.90 Å². The van der Waals surface area contributed by atoms with E-state index in [1.807, 2.05) is 0 Å². The van der Waals surface area contributed by atoms with Gasteiger partial charge in [0.05, 0.1) is 5.92 Å². The van der Waals surface area contributed by atoms with Gasteiger partial charge in [0, 0.05) is 0 Å². The van der Waals surface area contributed by atoms with Crippen LogP contribution in [0, 0.1) is 11.8 Å². The van der Waals surface area contributed by atoms with Crippen molar-refractivity contribution in [3.05, 3.63) is 0 Å². The molecular weight excluding hydrogens is 308 g/mol. The van der Waals surface area contributed by atoms with Gasteiger partial charge in [0.2, 0.25) is 0 Å². The molecule has 0 fully saturated rings. The average Bonchev–Trinajstić information content (AvgIpc) is 2.60. The van der Waals surface area contributed by atoms with Crippen LogP contribution in [0.25, 0.3) is 0 Å². The van der Waals surface area contributed by atoms with Gasteiger partial charge in [0.1, 0.15) is 0 Å². The summed E-state index contributed by atoms with van der Waals surface area (Å²) < 4.78 is 0. The molecule has 0 aliphatic rings. The van der Waals surface area contributed by atoms with Crippen LogP contribution in [0.3, 0.4) is 0 Å². The molecule has 0 spiro atoms. The van der Waals surface area contributed by atoms with Gasteiger partial charge in [-0.15, -0.1) is 0 Å². The lowest BCUT2D eigenvalue weighted by Gasteiger charge is -2.21. The second-order valence-corrected chi connectivity index (χ2v) is 8.04. The van der Waals surface area contributed by atoms with E-state index in [0.717, 1.165) is 19.3 Å². The minimum absolute atomic E-state index is 0.109. The highest BCUT2D eigenvalue weighted by molar-refractivity contribution is 5.69. The Morgan fingerprint density at radius 2 is 1.04 bits per heavy atom. The molecule has 150 valence electrons. The minimum Gasteiger partial charge on any atom is -0.481 e. The zero-order chi connectivity index (χ0) is 18.8. The first-order chi connectivity index (χ1) is 12.2. The van der Waals surface area contributed by atoms with E-state index in [1.54, 1.807) is 0 Å². The summed E-state index contributed by atoms with van der Waals surface area (Å²) in [5, 5.41) is 9.60. The standard InChI is InChI=1S/C23H46O2/c1-4-7-10-12-13-16-18-21(17-15-11-8-5-2)20-22(23(24)25)19-14-9-6-3/h21-22H,4-20H2,1-3H3,(H,24,25). The van der Waals surface area contributed by atoms with Gasteiger partial charge in [0.15, 0.2) is 0 Å². The number of hydrogen-bond donors (Lipinski definition) is 1. The molecular formula is C23H46O2. The Hall–Kier alpha value is -0.530. The molecule has 0 saturated carbocycles. The average molecular weight is 355 g/mol.